The number of halogens is 2. The summed E-state index contributed by atoms with van der Waals surface area (Å²) in [5.41, 5.74) is -0.0125. The fourth-order valence-corrected chi connectivity index (χ4v) is 2.90. The molecule has 4 nitrogen and oxygen atoms in total. The van der Waals surface area contributed by atoms with Crippen molar-refractivity contribution >= 4 is 21.8 Å². The lowest BCUT2D eigenvalue weighted by molar-refractivity contribution is 0.0882. The summed E-state index contributed by atoms with van der Waals surface area (Å²) in [5.74, 6) is -1.06. The monoisotopic (exact) mass is 358 g/mol. The number of piperidine rings is 1. The van der Waals surface area contributed by atoms with Gasteiger partial charge in [0.1, 0.15) is 5.82 Å². The lowest BCUT2D eigenvalue weighted by atomic mass is 10.1. The molecule has 1 aliphatic rings. The van der Waals surface area contributed by atoms with Crippen molar-refractivity contribution in [2.24, 2.45) is 0 Å². The molecule has 0 saturated carbocycles. The number of rotatable bonds is 5. The van der Waals surface area contributed by atoms with E-state index in [1.54, 1.807) is 6.07 Å². The van der Waals surface area contributed by atoms with Gasteiger partial charge in [-0.15, -0.1) is 0 Å². The third-order valence-corrected chi connectivity index (χ3v) is 4.15. The van der Waals surface area contributed by atoms with Gasteiger partial charge in [-0.25, -0.2) is 4.39 Å². The minimum Gasteiger partial charge on any atom is -0.394 e. The Hall–Kier alpha value is -0.980. The second kappa shape index (κ2) is 7.87. The highest BCUT2D eigenvalue weighted by Gasteiger charge is 2.20. The highest BCUT2D eigenvalue weighted by Crippen LogP contribution is 2.16. The van der Waals surface area contributed by atoms with Crippen molar-refractivity contribution in [2.75, 3.05) is 26.2 Å². The van der Waals surface area contributed by atoms with Crippen LogP contribution in [0.15, 0.2) is 22.7 Å². The molecule has 2 N–H and O–H groups in total. The number of aliphatic hydroxyl groups is 1. The zero-order valence-corrected chi connectivity index (χ0v) is 13.4. The summed E-state index contributed by atoms with van der Waals surface area (Å²) in [7, 11) is 0. The molecule has 0 radical (unpaired) electrons. The molecule has 0 aromatic heterocycles. The number of amides is 1. The number of aliphatic hydroxyl groups excluding tert-OH is 1. The normalized spacial score (nSPS) is 17.5. The first-order valence-corrected chi connectivity index (χ1v) is 7.98. The minimum absolute atomic E-state index is 0.0125. The molecule has 1 amide bonds. The molecule has 2 rings (SSSR count). The zero-order valence-electron chi connectivity index (χ0n) is 11.8. The van der Waals surface area contributed by atoms with Crippen molar-refractivity contribution < 1.29 is 14.3 Å². The van der Waals surface area contributed by atoms with Crippen LogP contribution in [0.2, 0.25) is 0 Å². The van der Waals surface area contributed by atoms with Crippen molar-refractivity contribution in [2.45, 2.75) is 25.3 Å². The number of carbonyl (C=O) groups is 1. The van der Waals surface area contributed by atoms with Crippen molar-refractivity contribution in [3.8, 4) is 0 Å². The maximum atomic E-state index is 13.7. The van der Waals surface area contributed by atoms with Crippen molar-refractivity contribution in [3.05, 3.63) is 34.1 Å². The molecular weight excluding hydrogens is 339 g/mol. The van der Waals surface area contributed by atoms with Crippen LogP contribution in [0.1, 0.15) is 29.6 Å². The van der Waals surface area contributed by atoms with Gasteiger partial charge in [0.05, 0.1) is 18.2 Å². The molecule has 0 aliphatic carbocycles. The minimum atomic E-state index is -0.564. The first kappa shape index (κ1) is 16.4. The Labute approximate surface area is 132 Å². The summed E-state index contributed by atoms with van der Waals surface area (Å²) < 4.78 is 14.3. The van der Waals surface area contributed by atoms with E-state index in [2.05, 4.69) is 26.1 Å². The second-order valence-electron chi connectivity index (χ2n) is 5.34. The van der Waals surface area contributed by atoms with Crippen LogP contribution >= 0.6 is 15.9 Å². The van der Waals surface area contributed by atoms with Crippen LogP contribution in [-0.2, 0) is 0 Å². The average molecular weight is 359 g/mol. The summed E-state index contributed by atoms with van der Waals surface area (Å²) in [6.45, 7) is 2.41. The van der Waals surface area contributed by atoms with E-state index in [9.17, 15) is 14.3 Å². The first-order valence-electron chi connectivity index (χ1n) is 7.19. The molecule has 1 heterocycles. The van der Waals surface area contributed by atoms with Crippen LogP contribution in [0.4, 0.5) is 4.39 Å². The van der Waals surface area contributed by atoms with E-state index in [4.69, 9.17) is 0 Å². The maximum Gasteiger partial charge on any atom is 0.254 e. The van der Waals surface area contributed by atoms with Gasteiger partial charge in [0.2, 0.25) is 0 Å². The second-order valence-corrected chi connectivity index (χ2v) is 6.25. The van der Waals surface area contributed by atoms with Crippen LogP contribution < -0.4 is 5.32 Å². The average Bonchev–Trinajstić information content (AvgIpc) is 2.50. The number of benzene rings is 1. The van der Waals surface area contributed by atoms with Gasteiger partial charge in [-0.1, -0.05) is 22.4 Å². The molecule has 1 unspecified atom stereocenters. The fourth-order valence-electron chi connectivity index (χ4n) is 2.54. The number of nitrogens with one attached hydrogen (secondary N) is 1. The van der Waals surface area contributed by atoms with Gasteiger partial charge in [0, 0.05) is 11.0 Å². The lowest BCUT2D eigenvalue weighted by Gasteiger charge is -2.30. The first-order chi connectivity index (χ1) is 10.1. The molecular formula is C15H20BrFN2O2. The number of nitrogens with zero attached hydrogens (tertiary/aromatic N) is 1. The van der Waals surface area contributed by atoms with E-state index < -0.39 is 11.7 Å². The van der Waals surface area contributed by atoms with Gasteiger partial charge in [-0.3, -0.25) is 4.79 Å². The van der Waals surface area contributed by atoms with E-state index >= 15 is 0 Å². The summed E-state index contributed by atoms with van der Waals surface area (Å²) >= 11 is 3.22. The van der Waals surface area contributed by atoms with Gasteiger partial charge >= 0.3 is 0 Å². The van der Waals surface area contributed by atoms with E-state index in [1.807, 2.05) is 0 Å². The molecule has 1 aliphatic heterocycles. The SMILES string of the molecule is O=C(NC(CO)CN1CCCCC1)c1cc(Br)ccc1F. The Morgan fingerprint density at radius 2 is 2.10 bits per heavy atom. The van der Waals surface area contributed by atoms with Crippen LogP contribution in [0.25, 0.3) is 0 Å². The molecule has 1 fully saturated rings. The predicted octanol–water partition coefficient (Wildman–Crippen LogP) is 2.16. The quantitative estimate of drug-likeness (QED) is 0.847. The van der Waals surface area contributed by atoms with Crippen molar-refractivity contribution in [1.82, 2.24) is 10.2 Å². The molecule has 1 saturated heterocycles. The summed E-state index contributed by atoms with van der Waals surface area (Å²) in [6.07, 6.45) is 3.52. The molecule has 1 aromatic rings. The summed E-state index contributed by atoms with van der Waals surface area (Å²) in [5, 5.41) is 12.1. The number of carbonyl (C=O) groups excluding carboxylic acids is 1. The van der Waals surface area contributed by atoms with E-state index in [-0.39, 0.29) is 18.2 Å². The van der Waals surface area contributed by atoms with E-state index in [0.29, 0.717) is 11.0 Å². The standard InChI is InChI=1S/C15H20BrFN2O2/c16-11-4-5-14(17)13(8-11)15(21)18-12(10-20)9-19-6-2-1-3-7-19/h4-5,8,12,20H,1-3,6-7,9-10H2,(H,18,21). The number of likely N-dealkylation sites (tertiary alicyclic amines) is 1. The molecule has 1 atom stereocenters. The molecule has 6 heteroatoms. The van der Waals surface area contributed by atoms with Crippen LogP contribution in [-0.4, -0.2) is 48.2 Å². The van der Waals surface area contributed by atoms with Gasteiger partial charge < -0.3 is 15.3 Å². The third kappa shape index (κ3) is 4.76. The Morgan fingerprint density at radius 3 is 2.76 bits per heavy atom. The maximum absolute atomic E-state index is 13.7. The van der Waals surface area contributed by atoms with E-state index in [0.717, 1.165) is 25.9 Å². The Morgan fingerprint density at radius 1 is 1.38 bits per heavy atom. The van der Waals surface area contributed by atoms with Gasteiger partial charge in [0.25, 0.3) is 5.91 Å². The Bertz CT molecular complexity index is 493. The third-order valence-electron chi connectivity index (χ3n) is 3.66. The molecule has 116 valence electrons. The van der Waals surface area contributed by atoms with Gasteiger partial charge in [-0.2, -0.15) is 0 Å². The van der Waals surface area contributed by atoms with E-state index in [1.165, 1.54) is 18.6 Å². The summed E-state index contributed by atoms with van der Waals surface area (Å²) in [4.78, 5) is 14.4. The van der Waals surface area contributed by atoms with Gasteiger partial charge in [-0.05, 0) is 44.1 Å². The smallest absolute Gasteiger partial charge is 0.254 e. The van der Waals surface area contributed by atoms with Crippen LogP contribution in [0, 0.1) is 5.82 Å². The fraction of sp³-hybridized carbons (Fsp3) is 0.533. The molecule has 0 bridgehead atoms. The lowest BCUT2D eigenvalue weighted by Crippen LogP contribution is -2.47. The highest BCUT2D eigenvalue weighted by atomic mass is 79.9. The molecule has 21 heavy (non-hydrogen) atoms. The summed E-state index contributed by atoms with van der Waals surface area (Å²) in [6, 6.07) is 3.86. The van der Waals surface area contributed by atoms with Crippen LogP contribution in [0.5, 0.6) is 0 Å². The van der Waals surface area contributed by atoms with Crippen molar-refractivity contribution in [3.63, 3.8) is 0 Å². The van der Waals surface area contributed by atoms with Gasteiger partial charge in [0.15, 0.2) is 0 Å². The predicted molar refractivity (Wildman–Crippen MR) is 82.7 cm³/mol. The molecule has 1 aromatic carbocycles. The highest BCUT2D eigenvalue weighted by molar-refractivity contribution is 9.10. The number of hydrogen-bond donors (Lipinski definition) is 2. The van der Waals surface area contributed by atoms with Crippen molar-refractivity contribution in [1.29, 1.82) is 0 Å². The topological polar surface area (TPSA) is 52.6 Å². The Balaban J connectivity index is 1.96. The zero-order chi connectivity index (χ0) is 15.2. The van der Waals surface area contributed by atoms with Crippen LogP contribution in [0.3, 0.4) is 0 Å². The molecule has 0 spiro atoms. The number of hydrogen-bond acceptors (Lipinski definition) is 3. The Kier molecular flexibility index (Phi) is 6.14. The largest absolute Gasteiger partial charge is 0.394 e.